The van der Waals surface area contributed by atoms with E-state index in [2.05, 4.69) is 46.5 Å². The average Bonchev–Trinajstić information content (AvgIpc) is 2.81. The Labute approximate surface area is 225 Å². The van der Waals surface area contributed by atoms with Crippen molar-refractivity contribution in [2.45, 2.75) is 164 Å². The molecule has 4 heteroatoms. The summed E-state index contributed by atoms with van der Waals surface area (Å²) < 4.78 is 0. The molecule has 4 nitrogen and oxygen atoms in total. The van der Waals surface area contributed by atoms with Gasteiger partial charge in [0.2, 0.25) is 0 Å². The minimum absolute atomic E-state index is 0.0284. The van der Waals surface area contributed by atoms with E-state index in [9.17, 15) is 0 Å². The van der Waals surface area contributed by atoms with E-state index in [-0.39, 0.29) is 22.0 Å². The van der Waals surface area contributed by atoms with Crippen LogP contribution < -0.4 is 0 Å². The van der Waals surface area contributed by atoms with Gasteiger partial charge in [-0.3, -0.25) is 0 Å². The summed E-state index contributed by atoms with van der Waals surface area (Å²) >= 11 is 0. The van der Waals surface area contributed by atoms with Crippen LogP contribution in [0, 0.1) is 28.6 Å². The summed E-state index contributed by atoms with van der Waals surface area (Å²) in [5.74, 6) is 8.13. The van der Waals surface area contributed by atoms with E-state index in [0.29, 0.717) is 19.1 Å². The minimum atomic E-state index is -0.297. The lowest BCUT2D eigenvalue weighted by molar-refractivity contribution is -0.351. The van der Waals surface area contributed by atoms with Crippen LogP contribution in [0.15, 0.2) is 0 Å². The first-order valence-corrected chi connectivity index (χ1v) is 15.0. The molecular weight excluding hydrogens is 448 g/mol. The second kappa shape index (κ2) is 17.8. The Bertz CT molecular complexity index is 606. The van der Waals surface area contributed by atoms with Gasteiger partial charge in [-0.25, -0.2) is 19.6 Å². The second-order valence-electron chi connectivity index (χ2n) is 12.7. The van der Waals surface area contributed by atoms with Crippen LogP contribution in [0.5, 0.6) is 0 Å². The molecule has 0 saturated carbocycles. The second-order valence-corrected chi connectivity index (χ2v) is 12.7. The Kier molecular flexibility index (Phi) is 17.5. The lowest BCUT2D eigenvalue weighted by atomic mass is 9.66. The van der Waals surface area contributed by atoms with Gasteiger partial charge in [-0.05, 0) is 91.9 Å². The van der Waals surface area contributed by atoms with Gasteiger partial charge in [-0.2, -0.15) is 0 Å². The molecule has 0 aliphatic rings. The van der Waals surface area contributed by atoms with Gasteiger partial charge >= 0.3 is 0 Å². The van der Waals surface area contributed by atoms with Gasteiger partial charge in [0, 0.05) is 11.3 Å². The molecule has 0 aromatic carbocycles. The van der Waals surface area contributed by atoms with Gasteiger partial charge in [0.25, 0.3) is 0 Å². The van der Waals surface area contributed by atoms with Gasteiger partial charge in [-0.1, -0.05) is 78.6 Å². The van der Waals surface area contributed by atoms with Crippen LogP contribution in [-0.2, 0) is 19.6 Å². The van der Waals surface area contributed by atoms with Crippen LogP contribution >= 0.6 is 0 Å². The van der Waals surface area contributed by atoms with Crippen LogP contribution in [0.2, 0.25) is 0 Å². The van der Waals surface area contributed by atoms with Gasteiger partial charge in [0.1, 0.15) is 0 Å². The predicted octanol–water partition coefficient (Wildman–Crippen LogP) is 9.85. The molecule has 0 fully saturated rings. The Morgan fingerprint density at radius 1 is 0.611 bits per heavy atom. The first-order valence-electron chi connectivity index (χ1n) is 15.0. The van der Waals surface area contributed by atoms with Crippen molar-refractivity contribution >= 4 is 0 Å². The fourth-order valence-electron chi connectivity index (χ4n) is 4.79. The molecular formula is C32H62O4. The van der Waals surface area contributed by atoms with Crippen LogP contribution in [0.25, 0.3) is 0 Å². The van der Waals surface area contributed by atoms with Gasteiger partial charge in [-0.15, -0.1) is 0 Å². The summed E-state index contributed by atoms with van der Waals surface area (Å²) in [7, 11) is 0. The van der Waals surface area contributed by atoms with E-state index in [0.717, 1.165) is 44.9 Å². The predicted molar refractivity (Wildman–Crippen MR) is 153 cm³/mol. The summed E-state index contributed by atoms with van der Waals surface area (Å²) in [6.45, 7) is 24.8. The molecule has 3 atom stereocenters. The van der Waals surface area contributed by atoms with E-state index in [1.165, 1.54) is 32.1 Å². The molecule has 0 amide bonds. The summed E-state index contributed by atoms with van der Waals surface area (Å²) in [5.41, 5.74) is -0.468. The minimum Gasteiger partial charge on any atom is -0.236 e. The maximum Gasteiger partial charge on any atom is 0.0952 e. The maximum absolute atomic E-state index is 5.70. The molecule has 0 heterocycles. The molecule has 0 rings (SSSR count). The summed E-state index contributed by atoms with van der Waals surface area (Å²) in [5, 5.41) is 0. The molecule has 0 aliphatic carbocycles. The van der Waals surface area contributed by atoms with Crippen molar-refractivity contribution in [1.82, 2.24) is 0 Å². The maximum atomic E-state index is 5.70. The first kappa shape index (κ1) is 35.4. The highest BCUT2D eigenvalue weighted by Gasteiger charge is 2.36. The number of unbranched alkanes of at least 4 members (excludes halogenated alkanes) is 2. The third kappa shape index (κ3) is 15.0. The zero-order valence-electron chi connectivity index (χ0n) is 26.1. The van der Waals surface area contributed by atoms with Crippen LogP contribution in [0.4, 0.5) is 0 Å². The van der Waals surface area contributed by atoms with Crippen molar-refractivity contribution in [3.05, 3.63) is 0 Å². The van der Waals surface area contributed by atoms with E-state index in [1.54, 1.807) is 0 Å². The fraction of sp³-hybridized carbons (Fsp3) is 0.938. The van der Waals surface area contributed by atoms with Crippen LogP contribution in [0.1, 0.15) is 153 Å². The van der Waals surface area contributed by atoms with Crippen molar-refractivity contribution in [2.24, 2.45) is 16.7 Å². The van der Waals surface area contributed by atoms with Crippen LogP contribution in [0.3, 0.4) is 0 Å². The molecule has 0 saturated heterocycles. The largest absolute Gasteiger partial charge is 0.236 e. The fourth-order valence-corrected chi connectivity index (χ4v) is 4.79. The molecule has 214 valence electrons. The van der Waals surface area contributed by atoms with E-state index in [4.69, 9.17) is 19.6 Å². The standard InChI is InChI=1S/C32H62O4/c1-12-17-21-31(15-4,24-26-33-35-29(6,7)8)23-20-28(19-14-3)32(16-5,22-18-13-2)25-27-34-36-30(9,10)11/h28H,12-19,21-22,24-27H2,1-11H3. The molecule has 0 radical (unpaired) electrons. The Morgan fingerprint density at radius 2 is 1.14 bits per heavy atom. The zero-order chi connectivity index (χ0) is 27.7. The van der Waals surface area contributed by atoms with Crippen molar-refractivity contribution in [3.8, 4) is 11.8 Å². The summed E-state index contributed by atoms with van der Waals surface area (Å²) in [6.07, 6.45) is 13.4. The molecule has 0 aromatic heterocycles. The summed E-state index contributed by atoms with van der Waals surface area (Å²) in [4.78, 5) is 22.5. The Morgan fingerprint density at radius 3 is 1.58 bits per heavy atom. The zero-order valence-corrected chi connectivity index (χ0v) is 26.1. The third-order valence-corrected chi connectivity index (χ3v) is 7.21. The van der Waals surface area contributed by atoms with E-state index >= 15 is 0 Å². The molecule has 0 aromatic rings. The van der Waals surface area contributed by atoms with Gasteiger partial charge in [0.05, 0.1) is 24.4 Å². The van der Waals surface area contributed by atoms with Crippen molar-refractivity contribution in [3.63, 3.8) is 0 Å². The normalized spacial score (nSPS) is 16.6. The lowest BCUT2D eigenvalue weighted by Crippen LogP contribution is -2.32. The third-order valence-electron chi connectivity index (χ3n) is 7.21. The highest BCUT2D eigenvalue weighted by molar-refractivity contribution is 5.17. The smallest absolute Gasteiger partial charge is 0.0952 e. The Balaban J connectivity index is 5.92. The highest BCUT2D eigenvalue weighted by atomic mass is 17.2. The molecule has 0 N–H and O–H groups in total. The topological polar surface area (TPSA) is 36.9 Å². The summed E-state index contributed by atoms with van der Waals surface area (Å²) in [6, 6.07) is 0. The van der Waals surface area contributed by atoms with Gasteiger partial charge < -0.3 is 0 Å². The van der Waals surface area contributed by atoms with E-state index < -0.39 is 0 Å². The number of hydrogen-bond acceptors (Lipinski definition) is 4. The monoisotopic (exact) mass is 510 g/mol. The quantitative estimate of drug-likeness (QED) is 0.0749. The number of rotatable bonds is 19. The van der Waals surface area contributed by atoms with E-state index in [1.807, 2.05) is 41.5 Å². The first-order chi connectivity index (χ1) is 16.8. The van der Waals surface area contributed by atoms with Crippen molar-refractivity contribution in [1.29, 1.82) is 0 Å². The van der Waals surface area contributed by atoms with Crippen LogP contribution in [-0.4, -0.2) is 24.4 Å². The van der Waals surface area contributed by atoms with Gasteiger partial charge in [0.15, 0.2) is 0 Å². The molecule has 3 unspecified atom stereocenters. The molecule has 36 heavy (non-hydrogen) atoms. The van der Waals surface area contributed by atoms with Crippen molar-refractivity contribution < 1.29 is 19.6 Å². The molecule has 0 bridgehead atoms. The average molecular weight is 511 g/mol. The SMILES string of the molecule is CCCCC(C#CC(CCC)C(CC)(CCCC)CCOOC(C)(C)C)(CC)CCOOC(C)(C)C. The highest BCUT2D eigenvalue weighted by Crippen LogP contribution is 2.43. The molecule has 0 spiro atoms. The van der Waals surface area contributed by atoms with Crippen molar-refractivity contribution in [2.75, 3.05) is 13.2 Å². The Hall–Kier alpha value is -0.600. The lowest BCUT2D eigenvalue weighted by Gasteiger charge is -2.39. The molecule has 0 aliphatic heterocycles. The number of hydrogen-bond donors (Lipinski definition) is 0.